The van der Waals surface area contributed by atoms with Crippen LogP contribution in [0.5, 0.6) is 5.75 Å². The van der Waals surface area contributed by atoms with Gasteiger partial charge >= 0.3 is 5.63 Å². The Kier molecular flexibility index (Phi) is 4.93. The van der Waals surface area contributed by atoms with Gasteiger partial charge in [-0.1, -0.05) is 13.8 Å². The number of benzene rings is 1. The minimum absolute atomic E-state index is 0.0376. The van der Waals surface area contributed by atoms with Crippen molar-refractivity contribution in [3.05, 3.63) is 40.2 Å². The summed E-state index contributed by atoms with van der Waals surface area (Å²) >= 11 is 0. The van der Waals surface area contributed by atoms with E-state index < -0.39 is 17.1 Å². The standard InChI is InChI=1S/C18H20N2O4/c1-11(2)18(4,10-19)20-16(21)9-23-13-5-6-14-12(3)7-17(22)24-15(14)8-13/h5-8,11H,9H2,1-4H3,(H,20,21)/t18-/m0/s1. The summed E-state index contributed by atoms with van der Waals surface area (Å²) in [5, 5.41) is 12.7. The van der Waals surface area contributed by atoms with Crippen molar-refractivity contribution in [1.82, 2.24) is 5.32 Å². The van der Waals surface area contributed by atoms with E-state index in [0.717, 1.165) is 10.9 Å². The molecule has 0 saturated heterocycles. The number of carbonyl (C=O) groups is 1. The Bertz CT molecular complexity index is 863. The van der Waals surface area contributed by atoms with Crippen molar-refractivity contribution < 1.29 is 13.9 Å². The Hall–Kier alpha value is -2.81. The van der Waals surface area contributed by atoms with Gasteiger partial charge in [-0.2, -0.15) is 5.26 Å². The van der Waals surface area contributed by atoms with Crippen molar-refractivity contribution in [3.8, 4) is 11.8 Å². The second-order valence-corrected chi connectivity index (χ2v) is 6.21. The van der Waals surface area contributed by atoms with Gasteiger partial charge in [0.05, 0.1) is 6.07 Å². The Morgan fingerprint density at radius 2 is 2.12 bits per heavy atom. The maximum absolute atomic E-state index is 12.0. The lowest BCUT2D eigenvalue weighted by Gasteiger charge is -2.27. The van der Waals surface area contributed by atoms with Crippen LogP contribution in [0.4, 0.5) is 0 Å². The van der Waals surface area contributed by atoms with Gasteiger partial charge in [0.2, 0.25) is 0 Å². The van der Waals surface area contributed by atoms with E-state index in [0.29, 0.717) is 11.3 Å². The summed E-state index contributed by atoms with van der Waals surface area (Å²) in [7, 11) is 0. The molecule has 6 heteroatoms. The molecule has 6 nitrogen and oxygen atoms in total. The molecule has 2 rings (SSSR count). The quantitative estimate of drug-likeness (QED) is 0.851. The number of nitriles is 1. The molecule has 0 unspecified atom stereocenters. The highest BCUT2D eigenvalue weighted by Gasteiger charge is 2.30. The second-order valence-electron chi connectivity index (χ2n) is 6.21. The van der Waals surface area contributed by atoms with E-state index in [1.54, 1.807) is 25.1 Å². The predicted octanol–water partition coefficient (Wildman–Crippen LogP) is 2.53. The van der Waals surface area contributed by atoms with E-state index >= 15 is 0 Å². The van der Waals surface area contributed by atoms with Crippen molar-refractivity contribution in [3.63, 3.8) is 0 Å². The predicted molar refractivity (Wildman–Crippen MR) is 89.7 cm³/mol. The van der Waals surface area contributed by atoms with Gasteiger partial charge in [0.1, 0.15) is 16.9 Å². The van der Waals surface area contributed by atoms with Gasteiger partial charge in [-0.3, -0.25) is 4.79 Å². The molecule has 1 heterocycles. The first-order valence-corrected chi connectivity index (χ1v) is 7.65. The maximum Gasteiger partial charge on any atom is 0.336 e. The number of nitrogens with zero attached hydrogens (tertiary/aromatic N) is 1. The van der Waals surface area contributed by atoms with Gasteiger partial charge < -0.3 is 14.5 Å². The second kappa shape index (κ2) is 6.75. The van der Waals surface area contributed by atoms with Crippen LogP contribution in [0.1, 0.15) is 26.3 Å². The van der Waals surface area contributed by atoms with Crippen LogP contribution in [-0.4, -0.2) is 18.1 Å². The fourth-order valence-corrected chi connectivity index (χ4v) is 2.17. The number of carbonyl (C=O) groups excluding carboxylic acids is 1. The van der Waals surface area contributed by atoms with Gasteiger partial charge in [0, 0.05) is 17.5 Å². The molecule has 0 radical (unpaired) electrons. The summed E-state index contributed by atoms with van der Waals surface area (Å²) in [5.41, 5.74) is -0.167. The van der Waals surface area contributed by atoms with Crippen LogP contribution < -0.4 is 15.7 Å². The first kappa shape index (κ1) is 17.5. The number of hydrogen-bond donors (Lipinski definition) is 1. The fourth-order valence-electron chi connectivity index (χ4n) is 2.17. The number of ether oxygens (including phenoxy) is 1. The minimum Gasteiger partial charge on any atom is -0.484 e. The molecule has 0 spiro atoms. The van der Waals surface area contributed by atoms with E-state index in [2.05, 4.69) is 11.4 Å². The molecule has 0 bridgehead atoms. The van der Waals surface area contributed by atoms with Crippen LogP contribution in [0.15, 0.2) is 33.5 Å². The Morgan fingerprint density at radius 3 is 2.75 bits per heavy atom. The van der Waals surface area contributed by atoms with Crippen molar-refractivity contribution in [1.29, 1.82) is 5.26 Å². The monoisotopic (exact) mass is 328 g/mol. The Balaban J connectivity index is 2.10. The van der Waals surface area contributed by atoms with E-state index in [1.165, 1.54) is 6.07 Å². The van der Waals surface area contributed by atoms with Gasteiger partial charge in [-0.15, -0.1) is 0 Å². The van der Waals surface area contributed by atoms with Crippen molar-refractivity contribution >= 4 is 16.9 Å². The molecular formula is C18H20N2O4. The highest BCUT2D eigenvalue weighted by molar-refractivity contribution is 5.82. The third kappa shape index (κ3) is 3.74. The molecule has 1 aromatic carbocycles. The van der Waals surface area contributed by atoms with Crippen LogP contribution in [0.3, 0.4) is 0 Å². The van der Waals surface area contributed by atoms with Crippen LogP contribution in [-0.2, 0) is 4.79 Å². The van der Waals surface area contributed by atoms with Crippen LogP contribution >= 0.6 is 0 Å². The average molecular weight is 328 g/mol. The van der Waals surface area contributed by atoms with Gasteiger partial charge in [0.15, 0.2) is 6.61 Å². The number of aryl methyl sites for hydroxylation is 1. The molecule has 0 fully saturated rings. The molecule has 0 aliphatic heterocycles. The molecule has 1 amide bonds. The number of hydrogen-bond acceptors (Lipinski definition) is 5. The zero-order valence-electron chi connectivity index (χ0n) is 14.2. The molecule has 0 aliphatic rings. The molecular weight excluding hydrogens is 308 g/mol. The van der Waals surface area contributed by atoms with Gasteiger partial charge in [-0.25, -0.2) is 4.79 Å². The van der Waals surface area contributed by atoms with Gasteiger partial charge in [-0.05, 0) is 37.5 Å². The summed E-state index contributed by atoms with van der Waals surface area (Å²) in [4.78, 5) is 23.4. The zero-order chi connectivity index (χ0) is 17.9. The number of amides is 1. The molecule has 2 aromatic rings. The minimum atomic E-state index is -0.951. The summed E-state index contributed by atoms with van der Waals surface area (Å²) in [6.45, 7) is 6.98. The molecule has 0 saturated carbocycles. The number of nitrogens with one attached hydrogen (secondary N) is 1. The van der Waals surface area contributed by atoms with E-state index in [9.17, 15) is 14.9 Å². The molecule has 24 heavy (non-hydrogen) atoms. The smallest absolute Gasteiger partial charge is 0.336 e. The zero-order valence-corrected chi connectivity index (χ0v) is 14.2. The molecule has 1 aromatic heterocycles. The summed E-state index contributed by atoms with van der Waals surface area (Å²) in [6, 6.07) is 8.58. The fraction of sp³-hybridized carbons (Fsp3) is 0.389. The number of rotatable bonds is 5. The largest absolute Gasteiger partial charge is 0.484 e. The summed E-state index contributed by atoms with van der Waals surface area (Å²) < 4.78 is 10.6. The highest BCUT2D eigenvalue weighted by Crippen LogP contribution is 2.22. The molecule has 1 atom stereocenters. The lowest BCUT2D eigenvalue weighted by Crippen LogP contribution is -2.50. The summed E-state index contributed by atoms with van der Waals surface area (Å²) in [6.07, 6.45) is 0. The first-order chi connectivity index (χ1) is 11.2. The maximum atomic E-state index is 12.0. The van der Waals surface area contributed by atoms with E-state index in [1.807, 2.05) is 20.8 Å². The van der Waals surface area contributed by atoms with Crippen LogP contribution in [0, 0.1) is 24.2 Å². The lowest BCUT2D eigenvalue weighted by molar-refractivity contribution is -0.124. The highest BCUT2D eigenvalue weighted by atomic mass is 16.5. The molecule has 0 aliphatic carbocycles. The normalized spacial score (nSPS) is 13.3. The first-order valence-electron chi connectivity index (χ1n) is 7.65. The number of fused-ring (bicyclic) bond motifs is 1. The van der Waals surface area contributed by atoms with Gasteiger partial charge in [0.25, 0.3) is 5.91 Å². The third-order valence-electron chi connectivity index (χ3n) is 4.08. The summed E-state index contributed by atoms with van der Waals surface area (Å²) in [5.74, 6) is -0.0162. The molecule has 126 valence electrons. The SMILES string of the molecule is Cc1cc(=O)oc2cc(OCC(=O)N[C@@](C)(C#N)C(C)C)ccc12. The lowest BCUT2D eigenvalue weighted by atomic mass is 9.90. The molecule has 1 N–H and O–H groups in total. The van der Waals surface area contributed by atoms with Crippen molar-refractivity contribution in [2.45, 2.75) is 33.2 Å². The van der Waals surface area contributed by atoms with Crippen LogP contribution in [0.25, 0.3) is 11.0 Å². The third-order valence-corrected chi connectivity index (χ3v) is 4.08. The van der Waals surface area contributed by atoms with E-state index in [4.69, 9.17) is 9.15 Å². The van der Waals surface area contributed by atoms with Crippen molar-refractivity contribution in [2.75, 3.05) is 6.61 Å². The average Bonchev–Trinajstić information content (AvgIpc) is 2.52. The van der Waals surface area contributed by atoms with Crippen molar-refractivity contribution in [2.24, 2.45) is 5.92 Å². The Morgan fingerprint density at radius 1 is 1.42 bits per heavy atom. The Labute approximate surface area is 140 Å². The topological polar surface area (TPSA) is 92.3 Å². The van der Waals surface area contributed by atoms with Crippen LogP contribution in [0.2, 0.25) is 0 Å². The van der Waals surface area contributed by atoms with E-state index in [-0.39, 0.29) is 12.5 Å².